The van der Waals surface area contributed by atoms with E-state index in [4.69, 9.17) is 4.74 Å². The molecule has 152 valence electrons. The van der Waals surface area contributed by atoms with Gasteiger partial charge in [-0.1, -0.05) is 6.92 Å². The van der Waals surface area contributed by atoms with Crippen molar-refractivity contribution in [1.29, 1.82) is 0 Å². The van der Waals surface area contributed by atoms with E-state index in [0.29, 0.717) is 0 Å². The van der Waals surface area contributed by atoms with Crippen molar-refractivity contribution in [2.45, 2.75) is 37.9 Å². The molecule has 0 aromatic heterocycles. The zero-order chi connectivity index (χ0) is 20.2. The van der Waals surface area contributed by atoms with Crippen molar-refractivity contribution < 1.29 is 26.4 Å². The number of amides is 1. The van der Waals surface area contributed by atoms with Gasteiger partial charge >= 0.3 is 0 Å². The topological polar surface area (TPSA) is 110 Å². The molecule has 1 aromatic rings. The van der Waals surface area contributed by atoms with Gasteiger partial charge in [-0.15, -0.1) is 0 Å². The number of nitrogens with zero attached hydrogens (tertiary/aromatic N) is 1. The zero-order valence-corrected chi connectivity index (χ0v) is 17.3. The first kappa shape index (κ1) is 21.8. The van der Waals surface area contributed by atoms with Gasteiger partial charge in [-0.3, -0.25) is 4.79 Å². The first-order valence-corrected chi connectivity index (χ1v) is 12.1. The van der Waals surface area contributed by atoms with Crippen molar-refractivity contribution in [3.63, 3.8) is 0 Å². The van der Waals surface area contributed by atoms with Crippen molar-refractivity contribution in [3.8, 4) is 0 Å². The minimum absolute atomic E-state index is 0.0125. The van der Waals surface area contributed by atoms with Gasteiger partial charge in [0.1, 0.15) is 0 Å². The second-order valence-electron chi connectivity index (χ2n) is 6.60. The lowest BCUT2D eigenvalue weighted by Gasteiger charge is -2.34. The minimum atomic E-state index is -3.67. The van der Waals surface area contributed by atoms with Crippen LogP contribution < -0.4 is 5.32 Å². The highest BCUT2D eigenvalue weighted by Crippen LogP contribution is 2.21. The zero-order valence-electron chi connectivity index (χ0n) is 15.7. The molecule has 10 heteroatoms. The Labute approximate surface area is 160 Å². The van der Waals surface area contributed by atoms with E-state index in [1.807, 2.05) is 13.8 Å². The monoisotopic (exact) mass is 418 g/mol. The largest absolute Gasteiger partial charge is 0.373 e. The third-order valence-corrected chi connectivity index (χ3v) is 7.83. The quantitative estimate of drug-likeness (QED) is 0.696. The number of carbonyl (C=O) groups excluding carboxylic acids is 1. The van der Waals surface area contributed by atoms with Crippen LogP contribution in [0.2, 0.25) is 0 Å². The molecule has 1 N–H and O–H groups in total. The molecule has 1 aliphatic rings. The number of sulfonamides is 1. The summed E-state index contributed by atoms with van der Waals surface area (Å²) in [6, 6.07) is 5.61. The Bertz CT molecular complexity index is 855. The van der Waals surface area contributed by atoms with Gasteiger partial charge in [-0.05, 0) is 38.1 Å². The molecule has 1 fully saturated rings. The number of ether oxygens (including phenoxy) is 1. The Hall–Kier alpha value is -1.49. The first-order chi connectivity index (χ1) is 12.5. The molecular formula is C17H26N2O6S2. The maximum Gasteiger partial charge on any atom is 0.251 e. The van der Waals surface area contributed by atoms with Crippen LogP contribution in [0.3, 0.4) is 0 Å². The van der Waals surface area contributed by atoms with E-state index in [2.05, 4.69) is 5.32 Å². The molecule has 0 aliphatic carbocycles. The Balaban J connectivity index is 2.04. The Morgan fingerprint density at radius 3 is 2.19 bits per heavy atom. The third kappa shape index (κ3) is 5.74. The molecule has 1 amide bonds. The molecule has 0 radical (unpaired) electrons. The summed E-state index contributed by atoms with van der Waals surface area (Å²) in [4.78, 5) is 12.2. The summed E-state index contributed by atoms with van der Waals surface area (Å²) in [5.41, 5.74) is 0.270. The standard InChI is InChI=1S/C17H26N2O6S2/c1-4-26(21,22)10-9-18-17(20)15-5-7-16(8-6-15)27(23,24)19-11-13(2)25-14(3)12-19/h5-8,13-14H,4,9-12H2,1-3H3,(H,18,20). The lowest BCUT2D eigenvalue weighted by molar-refractivity contribution is -0.0440. The van der Waals surface area contributed by atoms with Crippen LogP contribution in [0.5, 0.6) is 0 Å². The molecule has 27 heavy (non-hydrogen) atoms. The summed E-state index contributed by atoms with van der Waals surface area (Å²) < 4.78 is 55.4. The molecule has 2 rings (SSSR count). The van der Waals surface area contributed by atoms with E-state index >= 15 is 0 Å². The molecule has 2 atom stereocenters. The van der Waals surface area contributed by atoms with Crippen LogP contribution in [0.4, 0.5) is 0 Å². The minimum Gasteiger partial charge on any atom is -0.373 e. The predicted molar refractivity (Wildman–Crippen MR) is 102 cm³/mol. The molecule has 1 heterocycles. The Morgan fingerprint density at radius 1 is 1.11 bits per heavy atom. The number of nitrogens with one attached hydrogen (secondary N) is 1. The second-order valence-corrected chi connectivity index (χ2v) is 11.0. The van der Waals surface area contributed by atoms with E-state index in [1.54, 1.807) is 6.92 Å². The first-order valence-electron chi connectivity index (χ1n) is 8.79. The highest BCUT2D eigenvalue weighted by Gasteiger charge is 2.32. The number of sulfone groups is 1. The summed E-state index contributed by atoms with van der Waals surface area (Å²) >= 11 is 0. The van der Waals surface area contributed by atoms with Gasteiger partial charge in [-0.2, -0.15) is 4.31 Å². The van der Waals surface area contributed by atoms with E-state index < -0.39 is 25.8 Å². The molecule has 1 aromatic carbocycles. The van der Waals surface area contributed by atoms with Crippen LogP contribution in [-0.4, -0.2) is 70.4 Å². The number of hydrogen-bond donors (Lipinski definition) is 1. The maximum atomic E-state index is 12.8. The van der Waals surface area contributed by atoms with Gasteiger partial charge in [0.25, 0.3) is 5.91 Å². The molecule has 2 unspecified atom stereocenters. The Morgan fingerprint density at radius 2 is 1.67 bits per heavy atom. The normalized spacial score (nSPS) is 21.7. The highest BCUT2D eigenvalue weighted by molar-refractivity contribution is 7.91. The van der Waals surface area contributed by atoms with E-state index in [-0.39, 0.29) is 53.8 Å². The van der Waals surface area contributed by atoms with Crippen LogP contribution in [0, 0.1) is 0 Å². The number of hydrogen-bond acceptors (Lipinski definition) is 6. The fraction of sp³-hybridized carbons (Fsp3) is 0.588. The summed E-state index contributed by atoms with van der Waals surface area (Å²) in [5.74, 6) is -0.553. The number of morpholine rings is 1. The van der Waals surface area contributed by atoms with Crippen LogP contribution in [-0.2, 0) is 24.6 Å². The van der Waals surface area contributed by atoms with E-state index in [0.717, 1.165) is 0 Å². The lowest BCUT2D eigenvalue weighted by Crippen LogP contribution is -2.48. The molecule has 0 bridgehead atoms. The highest BCUT2D eigenvalue weighted by atomic mass is 32.2. The molecule has 8 nitrogen and oxygen atoms in total. The molecule has 1 saturated heterocycles. The molecule has 0 spiro atoms. The van der Waals surface area contributed by atoms with Crippen LogP contribution in [0.25, 0.3) is 0 Å². The summed E-state index contributed by atoms with van der Waals surface area (Å²) in [6.07, 6.45) is -0.374. The van der Waals surface area contributed by atoms with Crippen molar-refractivity contribution in [2.75, 3.05) is 31.1 Å². The van der Waals surface area contributed by atoms with Gasteiger partial charge in [0.2, 0.25) is 10.0 Å². The average molecular weight is 419 g/mol. The van der Waals surface area contributed by atoms with Gasteiger partial charge < -0.3 is 10.1 Å². The van der Waals surface area contributed by atoms with Crippen molar-refractivity contribution in [1.82, 2.24) is 9.62 Å². The fourth-order valence-corrected chi connectivity index (χ4v) is 5.11. The molecule has 0 saturated carbocycles. The van der Waals surface area contributed by atoms with E-state index in [9.17, 15) is 21.6 Å². The third-order valence-electron chi connectivity index (χ3n) is 4.28. The summed E-state index contributed by atoms with van der Waals surface area (Å²) in [7, 11) is -6.82. The number of benzene rings is 1. The Kier molecular flexibility index (Phi) is 7.01. The lowest BCUT2D eigenvalue weighted by atomic mass is 10.2. The van der Waals surface area contributed by atoms with E-state index in [1.165, 1.54) is 28.6 Å². The van der Waals surface area contributed by atoms with Gasteiger partial charge in [0, 0.05) is 31.0 Å². The fourth-order valence-electron chi connectivity index (χ4n) is 2.82. The number of carbonyl (C=O) groups is 1. The van der Waals surface area contributed by atoms with Gasteiger partial charge in [0.05, 0.1) is 22.9 Å². The van der Waals surface area contributed by atoms with Crippen molar-refractivity contribution in [3.05, 3.63) is 29.8 Å². The van der Waals surface area contributed by atoms with Crippen LogP contribution >= 0.6 is 0 Å². The smallest absolute Gasteiger partial charge is 0.251 e. The van der Waals surface area contributed by atoms with Gasteiger partial charge in [-0.25, -0.2) is 16.8 Å². The van der Waals surface area contributed by atoms with Crippen molar-refractivity contribution >= 4 is 25.8 Å². The second kappa shape index (κ2) is 8.68. The van der Waals surface area contributed by atoms with Crippen LogP contribution in [0.15, 0.2) is 29.2 Å². The van der Waals surface area contributed by atoms with Crippen LogP contribution in [0.1, 0.15) is 31.1 Å². The van der Waals surface area contributed by atoms with Crippen molar-refractivity contribution in [2.24, 2.45) is 0 Å². The molecular weight excluding hydrogens is 392 g/mol. The average Bonchev–Trinajstić information content (AvgIpc) is 2.60. The number of rotatable bonds is 7. The predicted octanol–water partition coefficient (Wildman–Crippen LogP) is 0.649. The molecule has 1 aliphatic heterocycles. The summed E-state index contributed by atoms with van der Waals surface area (Å²) in [5, 5.41) is 2.53. The van der Waals surface area contributed by atoms with Gasteiger partial charge in [0.15, 0.2) is 9.84 Å². The summed E-state index contributed by atoms with van der Waals surface area (Å²) in [6.45, 7) is 5.77. The SMILES string of the molecule is CCS(=O)(=O)CCNC(=O)c1ccc(S(=O)(=O)N2CC(C)OC(C)C2)cc1. The maximum absolute atomic E-state index is 12.8.